The Bertz CT molecular complexity index is 791. The number of fused-ring (bicyclic) bond motifs is 1. The van der Waals surface area contributed by atoms with Gasteiger partial charge in [-0.05, 0) is 24.3 Å². The van der Waals surface area contributed by atoms with Gasteiger partial charge in [0.2, 0.25) is 0 Å². The number of para-hydroxylation sites is 1. The average Bonchev–Trinajstić information content (AvgIpc) is 3.24. The number of methoxy groups -OCH3 is 2. The van der Waals surface area contributed by atoms with Gasteiger partial charge in [0, 0.05) is 12.5 Å². The zero-order chi connectivity index (χ0) is 16.2. The number of carbonyl (C=O) groups is 1. The van der Waals surface area contributed by atoms with E-state index >= 15 is 0 Å². The maximum Gasteiger partial charge on any atom is 0.287 e. The molecule has 6 heteroatoms. The van der Waals surface area contributed by atoms with E-state index in [-0.39, 0.29) is 24.3 Å². The first kappa shape index (κ1) is 15.2. The van der Waals surface area contributed by atoms with Crippen LogP contribution in [0.25, 0.3) is 11.0 Å². The van der Waals surface area contributed by atoms with Crippen LogP contribution in [0.5, 0.6) is 5.75 Å². The molecular formula is C17H17NO5. The van der Waals surface area contributed by atoms with Gasteiger partial charge in [0.25, 0.3) is 5.91 Å². The van der Waals surface area contributed by atoms with Crippen molar-refractivity contribution in [2.45, 2.75) is 6.10 Å². The fourth-order valence-corrected chi connectivity index (χ4v) is 2.36. The quantitative estimate of drug-likeness (QED) is 0.756. The lowest BCUT2D eigenvalue weighted by Crippen LogP contribution is -2.28. The van der Waals surface area contributed by atoms with Gasteiger partial charge >= 0.3 is 0 Å². The molecule has 6 nitrogen and oxygen atoms in total. The molecule has 0 bridgehead atoms. The van der Waals surface area contributed by atoms with Crippen LogP contribution in [0, 0.1) is 0 Å². The molecule has 0 saturated carbocycles. The summed E-state index contributed by atoms with van der Waals surface area (Å²) in [6.07, 6.45) is 1.21. The van der Waals surface area contributed by atoms with E-state index in [0.717, 1.165) is 5.39 Å². The molecule has 3 rings (SSSR count). The SMILES string of the molecule is COc1cccc2cc(C(=O)NC[C@H](OC)c3ccco3)oc12. The molecule has 0 radical (unpaired) electrons. The van der Waals surface area contributed by atoms with Crippen molar-refractivity contribution in [3.8, 4) is 5.75 Å². The second-order valence-electron chi connectivity index (χ2n) is 4.94. The van der Waals surface area contributed by atoms with Crippen LogP contribution in [0.3, 0.4) is 0 Å². The summed E-state index contributed by atoms with van der Waals surface area (Å²) in [6.45, 7) is 0.275. The van der Waals surface area contributed by atoms with E-state index in [9.17, 15) is 4.79 Å². The van der Waals surface area contributed by atoms with Crippen molar-refractivity contribution in [1.29, 1.82) is 0 Å². The zero-order valence-corrected chi connectivity index (χ0v) is 12.9. The molecule has 0 fully saturated rings. The summed E-state index contributed by atoms with van der Waals surface area (Å²) in [5.74, 6) is 1.14. The predicted octanol–water partition coefficient (Wildman–Crippen LogP) is 3.15. The molecule has 0 spiro atoms. The van der Waals surface area contributed by atoms with Gasteiger partial charge in [-0.25, -0.2) is 0 Å². The van der Waals surface area contributed by atoms with Crippen molar-refractivity contribution in [2.24, 2.45) is 0 Å². The van der Waals surface area contributed by atoms with E-state index in [4.69, 9.17) is 18.3 Å². The highest BCUT2D eigenvalue weighted by Gasteiger charge is 2.18. The van der Waals surface area contributed by atoms with Crippen LogP contribution in [0.15, 0.2) is 51.5 Å². The van der Waals surface area contributed by atoms with Gasteiger partial charge in [-0.2, -0.15) is 0 Å². The normalized spacial score (nSPS) is 12.3. The first-order chi connectivity index (χ1) is 11.2. The lowest BCUT2D eigenvalue weighted by Gasteiger charge is -2.12. The Morgan fingerprint density at radius 2 is 2.13 bits per heavy atom. The summed E-state index contributed by atoms with van der Waals surface area (Å²) in [6, 6.07) is 10.7. The monoisotopic (exact) mass is 315 g/mol. The molecule has 0 unspecified atom stereocenters. The molecule has 1 aromatic carbocycles. The van der Waals surface area contributed by atoms with Gasteiger partial charge in [-0.15, -0.1) is 0 Å². The molecular weight excluding hydrogens is 298 g/mol. The summed E-state index contributed by atoms with van der Waals surface area (Å²) in [5, 5.41) is 3.59. The second kappa shape index (κ2) is 6.58. The molecule has 3 aromatic rings. The first-order valence-corrected chi connectivity index (χ1v) is 7.14. The van der Waals surface area contributed by atoms with Crippen molar-refractivity contribution in [3.63, 3.8) is 0 Å². The fraction of sp³-hybridized carbons (Fsp3) is 0.235. The molecule has 23 heavy (non-hydrogen) atoms. The summed E-state index contributed by atoms with van der Waals surface area (Å²) >= 11 is 0. The molecule has 1 N–H and O–H groups in total. The summed E-state index contributed by atoms with van der Waals surface area (Å²) in [4.78, 5) is 12.3. The maximum absolute atomic E-state index is 12.3. The van der Waals surface area contributed by atoms with Crippen LogP contribution in [0.2, 0.25) is 0 Å². The van der Waals surface area contributed by atoms with E-state index in [1.807, 2.05) is 12.1 Å². The van der Waals surface area contributed by atoms with Crippen molar-refractivity contribution < 1.29 is 23.1 Å². The minimum atomic E-state index is -0.354. The van der Waals surface area contributed by atoms with Crippen LogP contribution >= 0.6 is 0 Å². The van der Waals surface area contributed by atoms with Crippen LogP contribution < -0.4 is 10.1 Å². The van der Waals surface area contributed by atoms with Crippen molar-refractivity contribution in [3.05, 3.63) is 54.2 Å². The second-order valence-corrected chi connectivity index (χ2v) is 4.94. The molecule has 0 aliphatic carbocycles. The fourth-order valence-electron chi connectivity index (χ4n) is 2.36. The lowest BCUT2D eigenvalue weighted by molar-refractivity contribution is 0.0725. The average molecular weight is 315 g/mol. The van der Waals surface area contributed by atoms with Crippen LogP contribution in [-0.2, 0) is 4.74 Å². The number of carbonyl (C=O) groups excluding carboxylic acids is 1. The van der Waals surface area contributed by atoms with Gasteiger partial charge in [-0.1, -0.05) is 12.1 Å². The minimum Gasteiger partial charge on any atom is -0.493 e. The Kier molecular flexibility index (Phi) is 4.34. The van der Waals surface area contributed by atoms with Gasteiger partial charge in [0.15, 0.2) is 17.1 Å². The maximum atomic E-state index is 12.3. The molecule has 2 aromatic heterocycles. The summed E-state index contributed by atoms with van der Waals surface area (Å²) in [5.41, 5.74) is 0.550. The van der Waals surface area contributed by atoms with Crippen LogP contribution in [0.1, 0.15) is 22.4 Å². The molecule has 1 amide bonds. The first-order valence-electron chi connectivity index (χ1n) is 7.14. The zero-order valence-electron chi connectivity index (χ0n) is 12.9. The highest BCUT2D eigenvalue weighted by Crippen LogP contribution is 2.28. The van der Waals surface area contributed by atoms with Crippen molar-refractivity contribution >= 4 is 16.9 Å². The van der Waals surface area contributed by atoms with E-state index in [1.54, 1.807) is 44.7 Å². The van der Waals surface area contributed by atoms with E-state index in [1.165, 1.54) is 0 Å². The van der Waals surface area contributed by atoms with E-state index in [0.29, 0.717) is 17.1 Å². The van der Waals surface area contributed by atoms with Gasteiger partial charge in [0.1, 0.15) is 11.9 Å². The number of nitrogens with one attached hydrogen (secondary N) is 1. The number of benzene rings is 1. The summed E-state index contributed by atoms with van der Waals surface area (Å²) in [7, 11) is 3.12. The smallest absolute Gasteiger partial charge is 0.287 e. The Morgan fingerprint density at radius 1 is 1.26 bits per heavy atom. The molecule has 2 heterocycles. The third kappa shape index (κ3) is 3.07. The molecule has 1 atom stereocenters. The van der Waals surface area contributed by atoms with Gasteiger partial charge < -0.3 is 23.6 Å². The molecule has 0 saturated heterocycles. The topological polar surface area (TPSA) is 73.8 Å². The lowest BCUT2D eigenvalue weighted by atomic mass is 10.2. The van der Waals surface area contributed by atoms with Crippen LogP contribution in [-0.4, -0.2) is 26.7 Å². The minimum absolute atomic E-state index is 0.221. The van der Waals surface area contributed by atoms with Crippen LogP contribution in [0.4, 0.5) is 0 Å². The molecule has 0 aliphatic rings. The number of furan rings is 2. The van der Waals surface area contributed by atoms with E-state index in [2.05, 4.69) is 5.32 Å². The number of amides is 1. The third-order valence-corrected chi connectivity index (χ3v) is 3.54. The number of ether oxygens (including phenoxy) is 2. The summed E-state index contributed by atoms with van der Waals surface area (Å²) < 4.78 is 21.4. The Labute approximate surface area is 133 Å². The Hall–Kier alpha value is -2.73. The Morgan fingerprint density at radius 3 is 2.83 bits per heavy atom. The number of hydrogen-bond donors (Lipinski definition) is 1. The van der Waals surface area contributed by atoms with Gasteiger partial charge in [0.05, 0.1) is 19.9 Å². The Balaban J connectivity index is 1.73. The predicted molar refractivity (Wildman–Crippen MR) is 83.6 cm³/mol. The van der Waals surface area contributed by atoms with Crippen molar-refractivity contribution in [1.82, 2.24) is 5.32 Å². The van der Waals surface area contributed by atoms with E-state index < -0.39 is 0 Å². The number of rotatable bonds is 6. The highest BCUT2D eigenvalue weighted by molar-refractivity contribution is 5.97. The third-order valence-electron chi connectivity index (χ3n) is 3.54. The largest absolute Gasteiger partial charge is 0.493 e. The molecule has 120 valence electrons. The molecule has 0 aliphatic heterocycles. The van der Waals surface area contributed by atoms with Crippen molar-refractivity contribution in [2.75, 3.05) is 20.8 Å². The van der Waals surface area contributed by atoms with Gasteiger partial charge in [-0.3, -0.25) is 4.79 Å². The standard InChI is InChI=1S/C17H17NO5/c1-20-13-6-3-5-11-9-14(23-16(11)13)17(19)18-10-15(21-2)12-7-4-8-22-12/h3-9,15H,10H2,1-2H3,(H,18,19)/t15-/m0/s1. The highest BCUT2D eigenvalue weighted by atomic mass is 16.5. The number of hydrogen-bond acceptors (Lipinski definition) is 5.